The Bertz CT molecular complexity index is 405. The second-order valence-electron chi connectivity index (χ2n) is 5.28. The zero-order valence-electron chi connectivity index (χ0n) is 11.5. The monoisotopic (exact) mass is 310 g/mol. The first-order chi connectivity index (χ1) is 8.61. The fraction of sp³-hybridized carbons (Fsp3) is 0.600. The molecular weight excluding hydrogens is 288 g/mol. The van der Waals surface area contributed by atoms with E-state index in [0.29, 0.717) is 12.1 Å². The molecule has 1 aromatic rings. The van der Waals surface area contributed by atoms with Crippen LogP contribution in [0.4, 0.5) is 5.69 Å². The molecule has 18 heavy (non-hydrogen) atoms. The number of hydrogen-bond donors (Lipinski definition) is 1. The van der Waals surface area contributed by atoms with Gasteiger partial charge >= 0.3 is 0 Å². The molecule has 0 bridgehead atoms. The molecule has 2 unspecified atom stereocenters. The van der Waals surface area contributed by atoms with Gasteiger partial charge in [-0.05, 0) is 66.9 Å². The van der Waals surface area contributed by atoms with Crippen molar-refractivity contribution in [3.63, 3.8) is 0 Å². The number of hydrogen-bond acceptors (Lipinski definition) is 2. The summed E-state index contributed by atoms with van der Waals surface area (Å²) in [5.74, 6) is 0. The summed E-state index contributed by atoms with van der Waals surface area (Å²) >= 11 is 3.68. The fourth-order valence-corrected chi connectivity index (χ4v) is 3.32. The van der Waals surface area contributed by atoms with Gasteiger partial charge in [-0.3, -0.25) is 0 Å². The summed E-state index contributed by atoms with van der Waals surface area (Å²) < 4.78 is 1.21. The first-order valence-electron chi connectivity index (χ1n) is 6.88. The minimum absolute atomic E-state index is 0.598. The quantitative estimate of drug-likeness (QED) is 0.915. The summed E-state index contributed by atoms with van der Waals surface area (Å²) in [6.07, 6.45) is 2.47. The molecule has 1 N–H and O–H groups in total. The Morgan fingerprint density at radius 3 is 2.89 bits per heavy atom. The number of nitrogens with zero attached hydrogens (tertiary/aromatic N) is 1. The van der Waals surface area contributed by atoms with Crippen molar-refractivity contribution in [3.05, 3.63) is 28.2 Å². The van der Waals surface area contributed by atoms with Crippen molar-refractivity contribution in [2.75, 3.05) is 18.0 Å². The minimum Gasteiger partial charge on any atom is -0.368 e. The molecule has 0 spiro atoms. The Hall–Kier alpha value is -0.540. The molecule has 0 aliphatic carbocycles. The normalized spacial score (nSPS) is 24.3. The lowest BCUT2D eigenvalue weighted by Gasteiger charge is -2.40. The molecule has 2 atom stereocenters. The predicted molar refractivity (Wildman–Crippen MR) is 82.4 cm³/mol. The molecular formula is C15H23BrN2. The van der Waals surface area contributed by atoms with E-state index in [1.54, 1.807) is 0 Å². The topological polar surface area (TPSA) is 15.3 Å². The van der Waals surface area contributed by atoms with E-state index in [4.69, 9.17) is 0 Å². The molecule has 1 saturated heterocycles. The molecule has 3 heteroatoms. The molecule has 1 fully saturated rings. The number of aryl methyl sites for hydroxylation is 1. The third kappa shape index (κ3) is 3.07. The Morgan fingerprint density at radius 2 is 2.22 bits per heavy atom. The highest BCUT2D eigenvalue weighted by Crippen LogP contribution is 2.32. The average molecular weight is 311 g/mol. The molecule has 0 saturated carbocycles. The summed E-state index contributed by atoms with van der Waals surface area (Å²) in [6.45, 7) is 8.89. The van der Waals surface area contributed by atoms with Crippen LogP contribution in [0.3, 0.4) is 0 Å². The Balaban J connectivity index is 2.12. The first kappa shape index (κ1) is 13.9. The van der Waals surface area contributed by atoms with Gasteiger partial charge in [0.25, 0.3) is 0 Å². The molecule has 0 radical (unpaired) electrons. The van der Waals surface area contributed by atoms with E-state index in [0.717, 1.165) is 13.1 Å². The number of benzene rings is 1. The second kappa shape index (κ2) is 6.07. The number of halogens is 1. The highest BCUT2D eigenvalue weighted by molar-refractivity contribution is 9.10. The van der Waals surface area contributed by atoms with Gasteiger partial charge in [-0.2, -0.15) is 0 Å². The van der Waals surface area contributed by atoms with E-state index in [2.05, 4.69) is 65.1 Å². The van der Waals surface area contributed by atoms with Crippen LogP contribution in [0.1, 0.15) is 32.3 Å². The Labute approximate surface area is 119 Å². The van der Waals surface area contributed by atoms with E-state index in [1.165, 1.54) is 28.6 Å². The van der Waals surface area contributed by atoms with Gasteiger partial charge in [-0.25, -0.2) is 0 Å². The van der Waals surface area contributed by atoms with Crippen LogP contribution in [-0.4, -0.2) is 25.2 Å². The summed E-state index contributed by atoms with van der Waals surface area (Å²) in [7, 11) is 0. The van der Waals surface area contributed by atoms with Crippen LogP contribution in [0.2, 0.25) is 0 Å². The smallest absolute Gasteiger partial charge is 0.0515 e. The predicted octanol–water partition coefficient (Wildman–Crippen LogP) is 3.72. The molecule has 1 aromatic carbocycles. The lowest BCUT2D eigenvalue weighted by molar-refractivity contribution is 0.374. The number of anilines is 1. The first-order valence-corrected chi connectivity index (χ1v) is 7.67. The lowest BCUT2D eigenvalue weighted by Crippen LogP contribution is -2.47. The maximum absolute atomic E-state index is 3.68. The molecule has 0 amide bonds. The number of nitrogens with one attached hydrogen (secondary N) is 1. The number of piperidine rings is 1. The lowest BCUT2D eigenvalue weighted by atomic mass is 9.97. The van der Waals surface area contributed by atoms with E-state index in [1.807, 2.05) is 0 Å². The zero-order valence-corrected chi connectivity index (χ0v) is 13.1. The molecule has 1 aliphatic rings. The fourth-order valence-electron chi connectivity index (χ4n) is 2.85. The summed E-state index contributed by atoms with van der Waals surface area (Å²) in [5.41, 5.74) is 2.67. The third-order valence-corrected chi connectivity index (χ3v) is 4.45. The van der Waals surface area contributed by atoms with Crippen molar-refractivity contribution in [3.8, 4) is 0 Å². The standard InChI is InChI=1S/C15H23BrN2/c1-4-17-13-7-8-18(12(3)10-13)15-9-11(2)5-6-14(15)16/h5-6,9,12-13,17H,4,7-8,10H2,1-3H3. The van der Waals surface area contributed by atoms with E-state index < -0.39 is 0 Å². The van der Waals surface area contributed by atoms with Crippen LogP contribution in [0.15, 0.2) is 22.7 Å². The Kier molecular flexibility index (Phi) is 4.68. The highest BCUT2D eigenvalue weighted by atomic mass is 79.9. The van der Waals surface area contributed by atoms with Crippen molar-refractivity contribution >= 4 is 21.6 Å². The van der Waals surface area contributed by atoms with Crippen LogP contribution in [0.25, 0.3) is 0 Å². The maximum Gasteiger partial charge on any atom is 0.0515 e. The highest BCUT2D eigenvalue weighted by Gasteiger charge is 2.26. The van der Waals surface area contributed by atoms with Crippen LogP contribution >= 0.6 is 15.9 Å². The molecule has 0 aromatic heterocycles. The van der Waals surface area contributed by atoms with Crippen LogP contribution in [0, 0.1) is 6.92 Å². The van der Waals surface area contributed by atoms with Crippen molar-refractivity contribution in [2.45, 2.75) is 45.7 Å². The zero-order chi connectivity index (χ0) is 13.1. The van der Waals surface area contributed by atoms with Gasteiger partial charge in [0.2, 0.25) is 0 Å². The average Bonchev–Trinajstić information content (AvgIpc) is 2.33. The Morgan fingerprint density at radius 1 is 1.44 bits per heavy atom. The summed E-state index contributed by atoms with van der Waals surface area (Å²) in [4.78, 5) is 2.53. The number of rotatable bonds is 3. The largest absolute Gasteiger partial charge is 0.368 e. The van der Waals surface area contributed by atoms with Gasteiger partial charge in [0.1, 0.15) is 0 Å². The van der Waals surface area contributed by atoms with E-state index >= 15 is 0 Å². The molecule has 2 rings (SSSR count). The van der Waals surface area contributed by atoms with Gasteiger partial charge in [-0.1, -0.05) is 13.0 Å². The van der Waals surface area contributed by atoms with E-state index in [-0.39, 0.29) is 0 Å². The van der Waals surface area contributed by atoms with Gasteiger partial charge < -0.3 is 10.2 Å². The SMILES string of the molecule is CCNC1CCN(c2cc(C)ccc2Br)C(C)C1. The van der Waals surface area contributed by atoms with Crippen LogP contribution < -0.4 is 10.2 Å². The minimum atomic E-state index is 0.598. The van der Waals surface area contributed by atoms with Crippen molar-refractivity contribution < 1.29 is 0 Å². The van der Waals surface area contributed by atoms with E-state index in [9.17, 15) is 0 Å². The third-order valence-electron chi connectivity index (χ3n) is 3.78. The van der Waals surface area contributed by atoms with Crippen molar-refractivity contribution in [1.82, 2.24) is 5.32 Å². The summed E-state index contributed by atoms with van der Waals surface area (Å²) in [5, 5.41) is 3.57. The van der Waals surface area contributed by atoms with Crippen molar-refractivity contribution in [2.24, 2.45) is 0 Å². The second-order valence-corrected chi connectivity index (χ2v) is 6.13. The van der Waals surface area contributed by atoms with Crippen molar-refractivity contribution in [1.29, 1.82) is 0 Å². The van der Waals surface area contributed by atoms with Gasteiger partial charge in [0, 0.05) is 23.1 Å². The van der Waals surface area contributed by atoms with Gasteiger partial charge in [0.05, 0.1) is 5.69 Å². The van der Waals surface area contributed by atoms with Gasteiger partial charge in [0.15, 0.2) is 0 Å². The maximum atomic E-state index is 3.68. The molecule has 1 heterocycles. The molecule has 1 aliphatic heterocycles. The van der Waals surface area contributed by atoms with Crippen LogP contribution in [-0.2, 0) is 0 Å². The summed E-state index contributed by atoms with van der Waals surface area (Å²) in [6, 6.07) is 7.89. The van der Waals surface area contributed by atoms with Gasteiger partial charge in [-0.15, -0.1) is 0 Å². The molecule has 2 nitrogen and oxygen atoms in total. The van der Waals surface area contributed by atoms with Crippen LogP contribution in [0.5, 0.6) is 0 Å². The molecule has 100 valence electrons.